The van der Waals surface area contributed by atoms with Crippen LogP contribution in [0.3, 0.4) is 0 Å². The highest BCUT2D eigenvalue weighted by Gasteiger charge is 2.16. The minimum absolute atomic E-state index is 0.282. The molecule has 3 heteroatoms. The van der Waals surface area contributed by atoms with E-state index in [1.54, 1.807) is 12.1 Å². The van der Waals surface area contributed by atoms with E-state index in [-0.39, 0.29) is 11.9 Å². The zero-order valence-corrected chi connectivity index (χ0v) is 10.2. The molecular formula is C13H20FNO. The number of nitrogens with two attached hydrogens (primary N) is 1. The summed E-state index contributed by atoms with van der Waals surface area (Å²) in [7, 11) is 1.54. The predicted molar refractivity (Wildman–Crippen MR) is 64.0 cm³/mol. The van der Waals surface area contributed by atoms with E-state index in [1.165, 1.54) is 13.2 Å². The molecule has 0 heterocycles. The molecule has 0 aromatic heterocycles. The first-order valence-corrected chi connectivity index (χ1v) is 5.64. The van der Waals surface area contributed by atoms with E-state index in [2.05, 4.69) is 13.8 Å². The van der Waals surface area contributed by atoms with Gasteiger partial charge in [-0.25, -0.2) is 4.39 Å². The molecule has 0 unspecified atom stereocenters. The van der Waals surface area contributed by atoms with Gasteiger partial charge in [-0.15, -0.1) is 0 Å². The van der Waals surface area contributed by atoms with Crippen molar-refractivity contribution in [2.24, 2.45) is 11.7 Å². The number of hydrogen-bond acceptors (Lipinski definition) is 2. The Balaban J connectivity index is 2.84. The van der Waals surface area contributed by atoms with Gasteiger partial charge in [-0.2, -0.15) is 0 Å². The molecule has 0 aliphatic rings. The van der Waals surface area contributed by atoms with Crippen molar-refractivity contribution < 1.29 is 9.13 Å². The Bertz CT molecular complexity index is 339. The number of hydrogen-bond donors (Lipinski definition) is 1. The van der Waals surface area contributed by atoms with Crippen LogP contribution in [0.4, 0.5) is 4.39 Å². The lowest BCUT2D eigenvalue weighted by Crippen LogP contribution is -2.14. The summed E-state index contributed by atoms with van der Waals surface area (Å²) in [5, 5.41) is 0. The van der Waals surface area contributed by atoms with E-state index in [9.17, 15) is 4.39 Å². The van der Waals surface area contributed by atoms with Gasteiger partial charge in [0.1, 0.15) is 11.6 Å². The molecule has 1 atom stereocenters. The molecule has 0 saturated carbocycles. The van der Waals surface area contributed by atoms with Crippen molar-refractivity contribution in [3.63, 3.8) is 0 Å². The average molecular weight is 225 g/mol. The third kappa shape index (κ3) is 3.20. The Labute approximate surface area is 96.6 Å². The zero-order valence-electron chi connectivity index (χ0n) is 10.2. The number of ether oxygens (including phenoxy) is 1. The van der Waals surface area contributed by atoms with Crippen molar-refractivity contribution in [2.45, 2.75) is 32.7 Å². The monoisotopic (exact) mass is 225 g/mol. The minimum Gasteiger partial charge on any atom is -0.496 e. The van der Waals surface area contributed by atoms with E-state index >= 15 is 0 Å². The van der Waals surface area contributed by atoms with Crippen molar-refractivity contribution in [1.29, 1.82) is 0 Å². The second kappa shape index (κ2) is 5.85. The van der Waals surface area contributed by atoms with Crippen LogP contribution < -0.4 is 10.5 Å². The van der Waals surface area contributed by atoms with Gasteiger partial charge in [-0.3, -0.25) is 0 Å². The van der Waals surface area contributed by atoms with Crippen molar-refractivity contribution in [3.8, 4) is 5.75 Å². The standard InChI is InChI=1S/C13H20FNO/c1-9(2)7-8-11(15)13-10(14)5-4-6-12(13)16-3/h4-6,9,11H,7-8,15H2,1-3H3/t11-/m1/s1. The Morgan fingerprint density at radius 3 is 2.56 bits per heavy atom. The fraction of sp³-hybridized carbons (Fsp3) is 0.538. The number of halogens is 1. The lowest BCUT2D eigenvalue weighted by molar-refractivity contribution is 0.393. The maximum atomic E-state index is 13.7. The van der Waals surface area contributed by atoms with Gasteiger partial charge in [-0.05, 0) is 30.9 Å². The highest BCUT2D eigenvalue weighted by molar-refractivity contribution is 5.36. The van der Waals surface area contributed by atoms with E-state index in [4.69, 9.17) is 10.5 Å². The summed E-state index contributed by atoms with van der Waals surface area (Å²) in [4.78, 5) is 0. The van der Waals surface area contributed by atoms with Crippen molar-refractivity contribution >= 4 is 0 Å². The second-order valence-electron chi connectivity index (χ2n) is 4.43. The van der Waals surface area contributed by atoms with Crippen LogP contribution in [0, 0.1) is 11.7 Å². The molecule has 1 aromatic carbocycles. The third-order valence-corrected chi connectivity index (χ3v) is 2.66. The van der Waals surface area contributed by atoms with E-state index in [1.807, 2.05) is 0 Å². The van der Waals surface area contributed by atoms with Gasteiger partial charge in [0, 0.05) is 11.6 Å². The molecule has 0 saturated heterocycles. The Kier molecular flexibility index (Phi) is 4.74. The Morgan fingerprint density at radius 2 is 2.00 bits per heavy atom. The van der Waals surface area contributed by atoms with Crippen molar-refractivity contribution in [2.75, 3.05) is 7.11 Å². The molecule has 0 spiro atoms. The molecule has 1 aromatic rings. The first-order valence-electron chi connectivity index (χ1n) is 5.64. The van der Waals surface area contributed by atoms with Gasteiger partial charge in [0.25, 0.3) is 0 Å². The van der Waals surface area contributed by atoms with Crippen LogP contribution in [0.25, 0.3) is 0 Å². The molecule has 2 nitrogen and oxygen atoms in total. The summed E-state index contributed by atoms with van der Waals surface area (Å²) in [6.45, 7) is 4.26. The number of methoxy groups -OCH3 is 1. The largest absolute Gasteiger partial charge is 0.496 e. The number of rotatable bonds is 5. The van der Waals surface area contributed by atoms with Gasteiger partial charge in [0.15, 0.2) is 0 Å². The maximum absolute atomic E-state index is 13.7. The molecule has 16 heavy (non-hydrogen) atoms. The first kappa shape index (κ1) is 13.0. The van der Waals surface area contributed by atoms with E-state index in [0.717, 1.165) is 12.8 Å². The fourth-order valence-electron chi connectivity index (χ4n) is 1.71. The van der Waals surface area contributed by atoms with Gasteiger partial charge >= 0.3 is 0 Å². The van der Waals surface area contributed by atoms with Crippen molar-refractivity contribution in [1.82, 2.24) is 0 Å². The summed E-state index contributed by atoms with van der Waals surface area (Å²) < 4.78 is 18.8. The smallest absolute Gasteiger partial charge is 0.131 e. The Hall–Kier alpha value is -1.09. The van der Waals surface area contributed by atoms with E-state index < -0.39 is 0 Å². The highest BCUT2D eigenvalue weighted by Crippen LogP contribution is 2.29. The fourth-order valence-corrected chi connectivity index (χ4v) is 1.71. The lowest BCUT2D eigenvalue weighted by Gasteiger charge is -2.17. The van der Waals surface area contributed by atoms with Crippen LogP contribution in [-0.4, -0.2) is 7.11 Å². The van der Waals surface area contributed by atoms with Gasteiger partial charge in [0.2, 0.25) is 0 Å². The molecule has 0 radical (unpaired) electrons. The molecule has 90 valence electrons. The van der Waals surface area contributed by atoms with Gasteiger partial charge in [-0.1, -0.05) is 19.9 Å². The van der Waals surface area contributed by atoms with Crippen LogP contribution >= 0.6 is 0 Å². The van der Waals surface area contributed by atoms with Crippen LogP contribution in [0.5, 0.6) is 5.75 Å². The summed E-state index contributed by atoms with van der Waals surface area (Å²) in [5.41, 5.74) is 6.49. The highest BCUT2D eigenvalue weighted by atomic mass is 19.1. The van der Waals surface area contributed by atoms with E-state index in [0.29, 0.717) is 17.2 Å². The first-order chi connectivity index (χ1) is 7.56. The third-order valence-electron chi connectivity index (χ3n) is 2.66. The average Bonchev–Trinajstić information content (AvgIpc) is 2.25. The molecular weight excluding hydrogens is 205 g/mol. The minimum atomic E-state index is -0.293. The summed E-state index contributed by atoms with van der Waals surface area (Å²) in [5.74, 6) is 0.829. The van der Waals surface area contributed by atoms with Crippen LogP contribution in [0.1, 0.15) is 38.3 Å². The second-order valence-corrected chi connectivity index (χ2v) is 4.43. The molecule has 1 rings (SSSR count). The maximum Gasteiger partial charge on any atom is 0.131 e. The normalized spacial score (nSPS) is 12.9. The van der Waals surface area contributed by atoms with Crippen LogP contribution in [-0.2, 0) is 0 Å². The van der Waals surface area contributed by atoms with Crippen LogP contribution in [0.15, 0.2) is 18.2 Å². The van der Waals surface area contributed by atoms with Crippen LogP contribution in [0.2, 0.25) is 0 Å². The topological polar surface area (TPSA) is 35.2 Å². The van der Waals surface area contributed by atoms with Crippen molar-refractivity contribution in [3.05, 3.63) is 29.6 Å². The SMILES string of the molecule is COc1cccc(F)c1[C@H](N)CCC(C)C. The Morgan fingerprint density at radius 1 is 1.31 bits per heavy atom. The quantitative estimate of drug-likeness (QED) is 0.834. The molecule has 0 fully saturated rings. The summed E-state index contributed by atoms with van der Waals surface area (Å²) in [6, 6.07) is 4.51. The summed E-state index contributed by atoms with van der Waals surface area (Å²) in [6.07, 6.45) is 1.76. The zero-order chi connectivity index (χ0) is 12.1. The van der Waals surface area contributed by atoms with Gasteiger partial charge < -0.3 is 10.5 Å². The molecule has 0 aliphatic heterocycles. The molecule has 0 aliphatic carbocycles. The number of benzene rings is 1. The molecule has 2 N–H and O–H groups in total. The molecule has 0 amide bonds. The summed E-state index contributed by atoms with van der Waals surface area (Å²) >= 11 is 0. The molecule has 0 bridgehead atoms. The predicted octanol–water partition coefficient (Wildman–Crippen LogP) is 3.27. The lowest BCUT2D eigenvalue weighted by atomic mass is 9.97. The van der Waals surface area contributed by atoms with Gasteiger partial charge in [0.05, 0.1) is 7.11 Å².